The number of methoxy groups -OCH3 is 4. The van der Waals surface area contributed by atoms with Crippen LogP contribution in [0, 0.1) is 0 Å². The standard InChI is InChI=1S/C25H31N3O6S.ClH/c1-30-18-6-7-19-22(16-18)35-25(26-19)28(9-5-8-27-10-12-34-13-11-27)24(29)17-14-20(31-2)23(33-4)21(15-17)32-3;/h6-7,14-16H,5,8-13H2,1-4H3;1H. The molecule has 3 aromatic rings. The number of carbonyl (C=O) groups excluding carboxylic acids is 1. The number of amides is 1. The van der Waals surface area contributed by atoms with Crippen molar-refractivity contribution in [3.63, 3.8) is 0 Å². The Labute approximate surface area is 221 Å². The molecule has 0 atom stereocenters. The van der Waals surface area contributed by atoms with Gasteiger partial charge in [0.25, 0.3) is 5.91 Å². The van der Waals surface area contributed by atoms with Crippen LogP contribution in [0.1, 0.15) is 16.8 Å². The van der Waals surface area contributed by atoms with Crippen LogP contribution in [0.15, 0.2) is 30.3 Å². The first-order valence-electron chi connectivity index (χ1n) is 11.4. The molecule has 0 radical (unpaired) electrons. The number of carbonyl (C=O) groups is 1. The number of fused-ring (bicyclic) bond motifs is 1. The second-order valence-electron chi connectivity index (χ2n) is 8.01. The maximum Gasteiger partial charge on any atom is 0.260 e. The predicted octanol–water partition coefficient (Wildman–Crippen LogP) is 4.12. The molecular weight excluding hydrogens is 506 g/mol. The number of benzene rings is 2. The largest absolute Gasteiger partial charge is 0.497 e. The molecule has 9 nitrogen and oxygen atoms in total. The van der Waals surface area contributed by atoms with Crippen LogP contribution in [0.25, 0.3) is 10.2 Å². The quantitative estimate of drug-likeness (QED) is 0.382. The summed E-state index contributed by atoms with van der Waals surface area (Å²) in [6.07, 6.45) is 0.801. The van der Waals surface area contributed by atoms with Gasteiger partial charge in [0, 0.05) is 31.7 Å². The van der Waals surface area contributed by atoms with Crippen LogP contribution in [0.5, 0.6) is 23.0 Å². The summed E-state index contributed by atoms with van der Waals surface area (Å²) < 4.78 is 28.1. The third kappa shape index (κ3) is 6.12. The van der Waals surface area contributed by atoms with Crippen molar-refractivity contribution in [1.82, 2.24) is 9.88 Å². The fourth-order valence-corrected chi connectivity index (χ4v) is 5.08. The highest BCUT2D eigenvalue weighted by Gasteiger charge is 2.25. The molecule has 1 saturated heterocycles. The Hall–Kier alpha value is -2.79. The molecule has 4 rings (SSSR count). The SMILES string of the molecule is COc1ccc2nc(N(CCCN3CCOCC3)C(=O)c3cc(OC)c(OC)c(OC)c3)sc2c1.Cl. The molecule has 1 amide bonds. The van der Waals surface area contributed by atoms with Gasteiger partial charge in [-0.25, -0.2) is 4.98 Å². The third-order valence-corrected chi connectivity index (χ3v) is 6.97. The van der Waals surface area contributed by atoms with Gasteiger partial charge in [0.15, 0.2) is 16.6 Å². The van der Waals surface area contributed by atoms with Gasteiger partial charge in [-0.1, -0.05) is 11.3 Å². The average Bonchev–Trinajstić information content (AvgIpc) is 3.33. The van der Waals surface area contributed by atoms with E-state index in [0.29, 0.717) is 34.5 Å². The molecule has 196 valence electrons. The van der Waals surface area contributed by atoms with Crippen LogP contribution in [-0.4, -0.2) is 83.6 Å². The minimum atomic E-state index is -0.183. The Bertz CT molecular complexity index is 1140. The van der Waals surface area contributed by atoms with E-state index in [1.807, 2.05) is 18.2 Å². The Morgan fingerprint density at radius 3 is 2.33 bits per heavy atom. The van der Waals surface area contributed by atoms with E-state index in [9.17, 15) is 4.79 Å². The van der Waals surface area contributed by atoms with Crippen LogP contribution < -0.4 is 23.8 Å². The molecule has 0 unspecified atom stereocenters. The second kappa shape index (κ2) is 13.0. The number of aromatic nitrogens is 1. The van der Waals surface area contributed by atoms with E-state index < -0.39 is 0 Å². The lowest BCUT2D eigenvalue weighted by Crippen LogP contribution is -2.39. The summed E-state index contributed by atoms with van der Waals surface area (Å²) in [5.74, 6) is 1.87. The first kappa shape index (κ1) is 27.8. The summed E-state index contributed by atoms with van der Waals surface area (Å²) >= 11 is 1.46. The van der Waals surface area contributed by atoms with Crippen molar-refractivity contribution in [2.75, 3.05) is 72.7 Å². The number of nitrogens with zero attached hydrogens (tertiary/aromatic N) is 3. The van der Waals surface area contributed by atoms with Gasteiger partial charge in [0.1, 0.15) is 5.75 Å². The third-order valence-electron chi connectivity index (χ3n) is 5.93. The fraction of sp³-hybridized carbons (Fsp3) is 0.440. The Morgan fingerprint density at radius 2 is 1.72 bits per heavy atom. The normalized spacial score (nSPS) is 13.7. The number of anilines is 1. The lowest BCUT2D eigenvalue weighted by Gasteiger charge is -2.28. The van der Waals surface area contributed by atoms with E-state index in [0.717, 1.165) is 55.2 Å². The van der Waals surface area contributed by atoms with Crippen molar-refractivity contribution in [3.05, 3.63) is 35.9 Å². The van der Waals surface area contributed by atoms with Gasteiger partial charge in [0.05, 0.1) is 51.9 Å². The molecule has 0 saturated carbocycles. The van der Waals surface area contributed by atoms with Crippen LogP contribution in [-0.2, 0) is 4.74 Å². The number of morpholine rings is 1. The summed E-state index contributed by atoms with van der Waals surface area (Å²) in [7, 11) is 6.24. The molecule has 36 heavy (non-hydrogen) atoms. The zero-order valence-electron chi connectivity index (χ0n) is 20.9. The molecule has 0 aliphatic carbocycles. The highest BCUT2D eigenvalue weighted by Crippen LogP contribution is 2.39. The van der Waals surface area contributed by atoms with Crippen molar-refractivity contribution >= 4 is 45.0 Å². The van der Waals surface area contributed by atoms with E-state index in [2.05, 4.69) is 4.90 Å². The molecule has 1 fully saturated rings. The van der Waals surface area contributed by atoms with Gasteiger partial charge >= 0.3 is 0 Å². The highest BCUT2D eigenvalue weighted by atomic mass is 35.5. The first-order chi connectivity index (χ1) is 17.1. The second-order valence-corrected chi connectivity index (χ2v) is 9.02. The first-order valence-corrected chi connectivity index (χ1v) is 12.3. The number of thiazole rings is 1. The van der Waals surface area contributed by atoms with E-state index in [4.69, 9.17) is 28.7 Å². The molecule has 0 N–H and O–H groups in total. The van der Waals surface area contributed by atoms with Crippen molar-refractivity contribution in [3.8, 4) is 23.0 Å². The Kier molecular flexibility index (Phi) is 10.0. The molecule has 2 heterocycles. The lowest BCUT2D eigenvalue weighted by atomic mass is 10.1. The Balaban J connectivity index is 0.00000361. The molecule has 1 aliphatic heterocycles. The predicted molar refractivity (Wildman–Crippen MR) is 143 cm³/mol. The molecular formula is C25H32ClN3O6S. The van der Waals surface area contributed by atoms with E-state index in [1.54, 1.807) is 24.1 Å². The minimum Gasteiger partial charge on any atom is -0.497 e. The number of halogens is 1. The van der Waals surface area contributed by atoms with Crippen LogP contribution in [0.4, 0.5) is 5.13 Å². The summed E-state index contributed by atoms with van der Waals surface area (Å²) in [4.78, 5) is 22.7. The van der Waals surface area contributed by atoms with Crippen molar-refractivity contribution in [2.24, 2.45) is 0 Å². The maximum atomic E-state index is 13.8. The van der Waals surface area contributed by atoms with Gasteiger partial charge in [-0.2, -0.15) is 0 Å². The molecule has 1 aliphatic rings. The van der Waals surface area contributed by atoms with Gasteiger partial charge in [0.2, 0.25) is 5.75 Å². The number of hydrogen-bond donors (Lipinski definition) is 0. The van der Waals surface area contributed by atoms with E-state index >= 15 is 0 Å². The van der Waals surface area contributed by atoms with Crippen LogP contribution >= 0.6 is 23.7 Å². The molecule has 0 spiro atoms. The molecule has 1 aromatic heterocycles. The molecule has 0 bridgehead atoms. The summed E-state index contributed by atoms with van der Waals surface area (Å²) in [5, 5.41) is 0.633. The fourth-order valence-electron chi connectivity index (χ4n) is 4.06. The monoisotopic (exact) mass is 537 g/mol. The summed E-state index contributed by atoms with van der Waals surface area (Å²) in [6, 6.07) is 9.07. The van der Waals surface area contributed by atoms with Gasteiger partial charge in [-0.15, -0.1) is 12.4 Å². The zero-order chi connectivity index (χ0) is 24.8. The lowest BCUT2D eigenvalue weighted by molar-refractivity contribution is 0.0376. The van der Waals surface area contributed by atoms with Crippen molar-refractivity contribution < 1.29 is 28.5 Å². The number of hydrogen-bond acceptors (Lipinski definition) is 9. The smallest absolute Gasteiger partial charge is 0.260 e. The maximum absolute atomic E-state index is 13.8. The average molecular weight is 538 g/mol. The van der Waals surface area contributed by atoms with Crippen LogP contribution in [0.2, 0.25) is 0 Å². The molecule has 11 heteroatoms. The van der Waals surface area contributed by atoms with Crippen molar-refractivity contribution in [1.29, 1.82) is 0 Å². The summed E-state index contributed by atoms with van der Waals surface area (Å²) in [5.41, 5.74) is 1.25. The zero-order valence-corrected chi connectivity index (χ0v) is 22.6. The number of ether oxygens (including phenoxy) is 5. The number of rotatable bonds is 10. The van der Waals surface area contributed by atoms with Gasteiger partial charge < -0.3 is 23.7 Å². The van der Waals surface area contributed by atoms with Crippen LogP contribution in [0.3, 0.4) is 0 Å². The topological polar surface area (TPSA) is 82.6 Å². The highest BCUT2D eigenvalue weighted by molar-refractivity contribution is 7.22. The molecule has 2 aromatic carbocycles. The van der Waals surface area contributed by atoms with Gasteiger partial charge in [-0.05, 0) is 36.8 Å². The summed E-state index contributed by atoms with van der Waals surface area (Å²) in [6.45, 7) is 4.69. The van der Waals surface area contributed by atoms with E-state index in [-0.39, 0.29) is 18.3 Å². The minimum absolute atomic E-state index is 0. The van der Waals surface area contributed by atoms with E-state index in [1.165, 1.54) is 32.7 Å². The Morgan fingerprint density at radius 1 is 1.03 bits per heavy atom. The van der Waals surface area contributed by atoms with Gasteiger partial charge in [-0.3, -0.25) is 14.6 Å². The van der Waals surface area contributed by atoms with Crippen molar-refractivity contribution in [2.45, 2.75) is 6.42 Å².